The van der Waals surface area contributed by atoms with E-state index in [1.165, 1.54) is 0 Å². The Morgan fingerprint density at radius 3 is 2.38 bits per heavy atom. The summed E-state index contributed by atoms with van der Waals surface area (Å²) in [4.78, 5) is 23.7. The molecule has 1 amide bonds. The van der Waals surface area contributed by atoms with Crippen LogP contribution in [0.3, 0.4) is 0 Å². The Hall–Kier alpha value is -2.29. The second kappa shape index (κ2) is 7.52. The molecule has 132 valence electrons. The standard InChI is InChI=1S/C15H16F3NO5/c16-15(17,18)9-19(12(13(20)21)11-7-23-8-11)14(22)24-6-10-4-2-1-3-5-10/h1-5,11-12H,6-9H2,(H,20,21). The predicted molar refractivity (Wildman–Crippen MR) is 75.1 cm³/mol. The van der Waals surface area contributed by atoms with Gasteiger partial charge in [0.1, 0.15) is 19.2 Å². The molecule has 1 aliphatic heterocycles. The van der Waals surface area contributed by atoms with Gasteiger partial charge in [0.2, 0.25) is 0 Å². The minimum Gasteiger partial charge on any atom is -0.480 e. The topological polar surface area (TPSA) is 76.1 Å². The number of carboxylic acid groups (broad SMARTS) is 1. The first-order chi connectivity index (χ1) is 11.3. The molecule has 6 nitrogen and oxygen atoms in total. The molecule has 9 heteroatoms. The van der Waals surface area contributed by atoms with E-state index in [-0.39, 0.29) is 24.7 Å². The Kier molecular flexibility index (Phi) is 5.66. The van der Waals surface area contributed by atoms with Gasteiger partial charge in [-0.3, -0.25) is 4.90 Å². The van der Waals surface area contributed by atoms with Gasteiger partial charge in [-0.25, -0.2) is 9.59 Å². The van der Waals surface area contributed by atoms with Crippen molar-refractivity contribution in [3.05, 3.63) is 35.9 Å². The van der Waals surface area contributed by atoms with Gasteiger partial charge in [-0.2, -0.15) is 13.2 Å². The largest absolute Gasteiger partial charge is 0.480 e. The summed E-state index contributed by atoms with van der Waals surface area (Å²) in [6, 6.07) is 6.72. The van der Waals surface area contributed by atoms with Crippen molar-refractivity contribution < 1.29 is 37.3 Å². The smallest absolute Gasteiger partial charge is 0.411 e. The Labute approximate surface area is 135 Å². The van der Waals surface area contributed by atoms with Crippen LogP contribution in [0.2, 0.25) is 0 Å². The molecular weight excluding hydrogens is 331 g/mol. The van der Waals surface area contributed by atoms with E-state index in [2.05, 4.69) is 0 Å². The second-order valence-electron chi connectivity index (χ2n) is 5.36. The molecule has 2 rings (SSSR count). The quantitative estimate of drug-likeness (QED) is 0.854. The summed E-state index contributed by atoms with van der Waals surface area (Å²) in [5.74, 6) is -2.22. The molecule has 0 aromatic heterocycles. The first-order valence-electron chi connectivity index (χ1n) is 7.12. The van der Waals surface area contributed by atoms with E-state index in [4.69, 9.17) is 9.47 Å². The highest BCUT2D eigenvalue weighted by molar-refractivity contribution is 5.80. The molecule has 1 unspecified atom stereocenters. The maximum absolute atomic E-state index is 12.8. The number of ether oxygens (including phenoxy) is 2. The third-order valence-corrected chi connectivity index (χ3v) is 3.49. The van der Waals surface area contributed by atoms with Crippen LogP contribution in [-0.4, -0.2) is 54.0 Å². The minimum atomic E-state index is -4.75. The minimum absolute atomic E-state index is 0.0166. The number of nitrogens with zero attached hydrogens (tertiary/aromatic N) is 1. The van der Waals surface area contributed by atoms with E-state index in [9.17, 15) is 27.9 Å². The van der Waals surface area contributed by atoms with Gasteiger partial charge in [-0.1, -0.05) is 30.3 Å². The van der Waals surface area contributed by atoms with E-state index in [0.717, 1.165) is 0 Å². The van der Waals surface area contributed by atoms with Crippen molar-refractivity contribution in [3.63, 3.8) is 0 Å². The first-order valence-corrected chi connectivity index (χ1v) is 7.12. The molecule has 24 heavy (non-hydrogen) atoms. The number of amides is 1. The highest BCUT2D eigenvalue weighted by Crippen LogP contribution is 2.25. The molecule has 1 aromatic rings. The summed E-state index contributed by atoms with van der Waals surface area (Å²) in [5, 5.41) is 9.24. The van der Waals surface area contributed by atoms with Crippen LogP contribution in [0.25, 0.3) is 0 Å². The summed E-state index contributed by atoms with van der Waals surface area (Å²) in [6.07, 6.45) is -6.07. The molecule has 0 saturated carbocycles. The normalized spacial score (nSPS) is 16.1. The molecule has 0 aliphatic carbocycles. The molecule has 0 bridgehead atoms. The fourth-order valence-corrected chi connectivity index (χ4v) is 2.30. The van der Waals surface area contributed by atoms with Crippen molar-refractivity contribution in [3.8, 4) is 0 Å². The monoisotopic (exact) mass is 347 g/mol. The molecule has 0 spiro atoms. The Morgan fingerprint density at radius 2 is 1.92 bits per heavy atom. The number of halogens is 3. The van der Waals surface area contributed by atoms with Crippen LogP contribution >= 0.6 is 0 Å². The molecule has 1 atom stereocenters. The number of carbonyl (C=O) groups is 2. The number of rotatable bonds is 6. The SMILES string of the molecule is O=C(O)C(C1COC1)N(CC(F)(F)F)C(=O)OCc1ccccc1. The first kappa shape index (κ1) is 18.1. The highest BCUT2D eigenvalue weighted by atomic mass is 19.4. The number of carboxylic acids is 1. The Bertz CT molecular complexity index is 574. The third-order valence-electron chi connectivity index (χ3n) is 3.49. The fourth-order valence-electron chi connectivity index (χ4n) is 2.30. The Morgan fingerprint density at radius 1 is 1.29 bits per heavy atom. The molecule has 0 radical (unpaired) electrons. The molecule has 1 fully saturated rings. The zero-order valence-electron chi connectivity index (χ0n) is 12.5. The lowest BCUT2D eigenvalue weighted by Crippen LogP contribution is -2.57. The summed E-state index contributed by atoms with van der Waals surface area (Å²) in [5.41, 5.74) is 0.580. The number of hydrogen-bond donors (Lipinski definition) is 1. The van der Waals surface area contributed by atoms with Crippen LogP contribution < -0.4 is 0 Å². The maximum Gasteiger partial charge on any atom is 0.411 e. The molecule has 1 aromatic carbocycles. The molecular formula is C15H16F3NO5. The van der Waals surface area contributed by atoms with E-state index in [1.807, 2.05) is 0 Å². The van der Waals surface area contributed by atoms with Crippen molar-refractivity contribution in [2.24, 2.45) is 5.92 Å². The highest BCUT2D eigenvalue weighted by Gasteiger charge is 2.45. The summed E-state index contributed by atoms with van der Waals surface area (Å²) in [7, 11) is 0. The van der Waals surface area contributed by atoms with Crippen LogP contribution in [0.1, 0.15) is 5.56 Å². The Balaban J connectivity index is 2.11. The average molecular weight is 347 g/mol. The van der Waals surface area contributed by atoms with Crippen LogP contribution in [0.15, 0.2) is 30.3 Å². The van der Waals surface area contributed by atoms with Gasteiger partial charge < -0.3 is 14.6 Å². The zero-order valence-corrected chi connectivity index (χ0v) is 12.5. The van der Waals surface area contributed by atoms with Crippen LogP contribution in [0, 0.1) is 5.92 Å². The van der Waals surface area contributed by atoms with Crippen LogP contribution in [0.5, 0.6) is 0 Å². The summed E-state index contributed by atoms with van der Waals surface area (Å²) >= 11 is 0. The predicted octanol–water partition coefficient (Wildman–Crippen LogP) is 2.29. The number of alkyl halides is 3. The zero-order chi connectivity index (χ0) is 17.7. The van der Waals surface area contributed by atoms with E-state index < -0.39 is 36.7 Å². The van der Waals surface area contributed by atoms with Crippen LogP contribution in [-0.2, 0) is 20.9 Å². The van der Waals surface area contributed by atoms with Gasteiger partial charge in [0, 0.05) is 5.92 Å². The summed E-state index contributed by atoms with van der Waals surface area (Å²) in [6.45, 7) is -1.98. The lowest BCUT2D eigenvalue weighted by Gasteiger charge is -2.37. The van der Waals surface area contributed by atoms with Crippen molar-refractivity contribution in [2.75, 3.05) is 19.8 Å². The maximum atomic E-state index is 12.8. The molecule has 1 saturated heterocycles. The lowest BCUT2D eigenvalue weighted by molar-refractivity contribution is -0.171. The number of benzene rings is 1. The number of aliphatic carboxylic acids is 1. The van der Waals surface area contributed by atoms with Gasteiger partial charge in [0.25, 0.3) is 0 Å². The second-order valence-corrected chi connectivity index (χ2v) is 5.36. The van der Waals surface area contributed by atoms with Gasteiger partial charge in [-0.05, 0) is 5.56 Å². The van der Waals surface area contributed by atoms with Gasteiger partial charge in [-0.15, -0.1) is 0 Å². The van der Waals surface area contributed by atoms with Crippen LogP contribution in [0.4, 0.5) is 18.0 Å². The number of hydrogen-bond acceptors (Lipinski definition) is 4. The van der Waals surface area contributed by atoms with Crippen molar-refractivity contribution in [1.82, 2.24) is 4.90 Å². The molecule has 1 heterocycles. The lowest BCUT2D eigenvalue weighted by atomic mass is 9.96. The third kappa shape index (κ3) is 4.85. The van der Waals surface area contributed by atoms with Gasteiger partial charge >= 0.3 is 18.2 Å². The van der Waals surface area contributed by atoms with Crippen molar-refractivity contribution in [2.45, 2.75) is 18.8 Å². The number of carbonyl (C=O) groups excluding carboxylic acids is 1. The summed E-state index contributed by atoms with van der Waals surface area (Å²) < 4.78 is 48.0. The molecule has 1 aliphatic rings. The molecule has 1 N–H and O–H groups in total. The van der Waals surface area contributed by atoms with Crippen molar-refractivity contribution >= 4 is 12.1 Å². The van der Waals surface area contributed by atoms with E-state index in [0.29, 0.717) is 5.56 Å². The van der Waals surface area contributed by atoms with E-state index >= 15 is 0 Å². The average Bonchev–Trinajstić information content (AvgIpc) is 2.46. The van der Waals surface area contributed by atoms with Gasteiger partial charge in [0.15, 0.2) is 0 Å². The van der Waals surface area contributed by atoms with Crippen molar-refractivity contribution in [1.29, 1.82) is 0 Å². The fraction of sp³-hybridized carbons (Fsp3) is 0.467. The van der Waals surface area contributed by atoms with E-state index in [1.54, 1.807) is 30.3 Å². The van der Waals surface area contributed by atoms with Gasteiger partial charge in [0.05, 0.1) is 13.2 Å².